The van der Waals surface area contributed by atoms with Gasteiger partial charge in [0.1, 0.15) is 17.9 Å². The van der Waals surface area contributed by atoms with Crippen molar-refractivity contribution >= 4 is 12.2 Å². The molecule has 0 saturated carbocycles. The summed E-state index contributed by atoms with van der Waals surface area (Å²) in [5.41, 5.74) is -0.828. The van der Waals surface area contributed by atoms with Gasteiger partial charge in [-0.05, 0) is 38.7 Å². The van der Waals surface area contributed by atoms with E-state index >= 15 is 0 Å². The lowest BCUT2D eigenvalue weighted by atomic mass is 9.94. The fourth-order valence-electron chi connectivity index (χ4n) is 3.56. The molecule has 0 bridgehead atoms. The third kappa shape index (κ3) is 4.85. The molecule has 1 atom stereocenters. The SMILES string of the molecule is CC(C)(C=C(C#N)C(=O)N1CCC[C@H](CC=O)C1)N1CCC(F)(F)C1. The van der Waals surface area contributed by atoms with Gasteiger partial charge in [-0.2, -0.15) is 5.26 Å². The zero-order chi connectivity index (χ0) is 18.7. The topological polar surface area (TPSA) is 64.4 Å². The summed E-state index contributed by atoms with van der Waals surface area (Å²) in [6.07, 6.45) is 4.24. The molecule has 0 spiro atoms. The first-order valence-corrected chi connectivity index (χ1v) is 8.67. The predicted octanol–water partition coefficient (Wildman–Crippen LogP) is 2.38. The van der Waals surface area contributed by atoms with E-state index in [9.17, 15) is 23.6 Å². The molecule has 2 rings (SSSR count). The van der Waals surface area contributed by atoms with E-state index in [0.29, 0.717) is 19.5 Å². The van der Waals surface area contributed by atoms with E-state index in [1.54, 1.807) is 23.6 Å². The Labute approximate surface area is 147 Å². The van der Waals surface area contributed by atoms with Crippen LogP contribution in [0, 0.1) is 17.2 Å². The highest BCUT2D eigenvalue weighted by Crippen LogP contribution is 2.33. The minimum absolute atomic E-state index is 0.0213. The standard InChI is InChI=1S/C18H25F2N3O2/c1-17(2,23-8-6-18(19,20)13-23)10-15(11-21)16(25)22-7-3-4-14(12-22)5-9-24/h9-10,14H,3-8,12-13H2,1-2H3/t14-/m1/s1. The maximum Gasteiger partial charge on any atom is 0.264 e. The molecule has 2 heterocycles. The van der Waals surface area contributed by atoms with Crippen molar-refractivity contribution in [3.05, 3.63) is 11.6 Å². The van der Waals surface area contributed by atoms with Gasteiger partial charge in [0.05, 0.1) is 6.54 Å². The summed E-state index contributed by atoms with van der Waals surface area (Å²) in [6, 6.07) is 1.93. The molecule has 0 aromatic heterocycles. The van der Waals surface area contributed by atoms with Crippen LogP contribution in [-0.2, 0) is 9.59 Å². The molecule has 0 aromatic carbocycles. The van der Waals surface area contributed by atoms with E-state index < -0.39 is 11.5 Å². The number of hydrogen-bond donors (Lipinski definition) is 0. The normalized spacial score (nSPS) is 24.8. The smallest absolute Gasteiger partial charge is 0.264 e. The number of amides is 1. The number of hydrogen-bond acceptors (Lipinski definition) is 4. The second-order valence-electron chi connectivity index (χ2n) is 7.51. The van der Waals surface area contributed by atoms with Crippen LogP contribution < -0.4 is 0 Å². The first-order chi connectivity index (χ1) is 11.7. The molecule has 2 aliphatic heterocycles. The first-order valence-electron chi connectivity index (χ1n) is 8.67. The molecule has 2 fully saturated rings. The Hall–Kier alpha value is -1.81. The lowest BCUT2D eigenvalue weighted by Gasteiger charge is -2.34. The molecule has 0 unspecified atom stereocenters. The van der Waals surface area contributed by atoms with Crippen LogP contribution in [0.1, 0.15) is 39.5 Å². The molecule has 138 valence electrons. The van der Waals surface area contributed by atoms with Gasteiger partial charge in [-0.1, -0.05) is 0 Å². The molecule has 2 aliphatic rings. The Balaban J connectivity index is 2.12. The highest BCUT2D eigenvalue weighted by atomic mass is 19.3. The second kappa shape index (κ2) is 7.61. The lowest BCUT2D eigenvalue weighted by Crippen LogP contribution is -2.44. The van der Waals surface area contributed by atoms with Gasteiger partial charge in [-0.15, -0.1) is 0 Å². The average Bonchev–Trinajstić information content (AvgIpc) is 2.93. The number of alkyl halides is 2. The molecule has 0 radical (unpaired) electrons. The molecule has 1 amide bonds. The molecule has 7 heteroatoms. The van der Waals surface area contributed by atoms with E-state index in [-0.39, 0.29) is 36.9 Å². The number of nitrogens with zero attached hydrogens (tertiary/aromatic N) is 3. The average molecular weight is 353 g/mol. The van der Waals surface area contributed by atoms with Crippen LogP contribution in [0.3, 0.4) is 0 Å². The van der Waals surface area contributed by atoms with Gasteiger partial charge in [0.15, 0.2) is 0 Å². The molecule has 5 nitrogen and oxygen atoms in total. The number of piperidine rings is 1. The van der Waals surface area contributed by atoms with E-state index in [1.165, 1.54) is 6.08 Å². The number of rotatable bonds is 5. The van der Waals surface area contributed by atoms with Crippen molar-refractivity contribution < 1.29 is 18.4 Å². The van der Waals surface area contributed by atoms with Crippen molar-refractivity contribution in [2.75, 3.05) is 26.2 Å². The monoisotopic (exact) mass is 353 g/mol. The van der Waals surface area contributed by atoms with Crippen LogP contribution in [0.25, 0.3) is 0 Å². The Morgan fingerprint density at radius 2 is 2.12 bits per heavy atom. The van der Waals surface area contributed by atoms with E-state index in [1.807, 2.05) is 6.07 Å². The Morgan fingerprint density at radius 3 is 2.68 bits per heavy atom. The molecule has 25 heavy (non-hydrogen) atoms. The van der Waals surface area contributed by atoms with Crippen molar-refractivity contribution in [3.8, 4) is 6.07 Å². The summed E-state index contributed by atoms with van der Waals surface area (Å²) >= 11 is 0. The quantitative estimate of drug-likeness (QED) is 0.432. The first kappa shape index (κ1) is 19.5. The molecular weight excluding hydrogens is 328 g/mol. The highest BCUT2D eigenvalue weighted by molar-refractivity contribution is 5.97. The zero-order valence-electron chi connectivity index (χ0n) is 14.8. The van der Waals surface area contributed by atoms with E-state index in [0.717, 1.165) is 19.1 Å². The van der Waals surface area contributed by atoms with Crippen LogP contribution in [-0.4, -0.2) is 59.6 Å². The fraction of sp³-hybridized carbons (Fsp3) is 0.722. The maximum atomic E-state index is 13.5. The summed E-state index contributed by atoms with van der Waals surface area (Å²) in [4.78, 5) is 26.6. The number of nitriles is 1. The zero-order valence-corrected chi connectivity index (χ0v) is 14.8. The third-order valence-corrected chi connectivity index (χ3v) is 5.07. The Kier molecular flexibility index (Phi) is 5.94. The summed E-state index contributed by atoms with van der Waals surface area (Å²) < 4.78 is 27.0. The summed E-state index contributed by atoms with van der Waals surface area (Å²) in [6.45, 7) is 4.35. The molecule has 0 N–H and O–H groups in total. The Morgan fingerprint density at radius 1 is 1.40 bits per heavy atom. The number of likely N-dealkylation sites (tertiary alicyclic amines) is 2. The van der Waals surface area contributed by atoms with Crippen LogP contribution in [0.15, 0.2) is 11.6 Å². The highest BCUT2D eigenvalue weighted by Gasteiger charge is 2.43. The van der Waals surface area contributed by atoms with Crippen molar-refractivity contribution in [1.29, 1.82) is 5.26 Å². The minimum Gasteiger partial charge on any atom is -0.338 e. The lowest BCUT2D eigenvalue weighted by molar-refractivity contribution is -0.129. The predicted molar refractivity (Wildman–Crippen MR) is 88.9 cm³/mol. The van der Waals surface area contributed by atoms with Gasteiger partial charge >= 0.3 is 0 Å². The summed E-state index contributed by atoms with van der Waals surface area (Å²) in [5, 5.41) is 9.42. The van der Waals surface area contributed by atoms with Crippen LogP contribution in [0.5, 0.6) is 0 Å². The molecule has 0 aromatic rings. The van der Waals surface area contributed by atoms with Crippen LogP contribution in [0.2, 0.25) is 0 Å². The second-order valence-corrected chi connectivity index (χ2v) is 7.51. The third-order valence-electron chi connectivity index (χ3n) is 5.07. The number of carbonyl (C=O) groups excluding carboxylic acids is 2. The van der Waals surface area contributed by atoms with Crippen molar-refractivity contribution in [1.82, 2.24) is 9.80 Å². The number of halogens is 2. The molecular formula is C18H25F2N3O2. The van der Waals surface area contributed by atoms with Crippen molar-refractivity contribution in [2.24, 2.45) is 5.92 Å². The van der Waals surface area contributed by atoms with Crippen molar-refractivity contribution in [3.63, 3.8) is 0 Å². The van der Waals surface area contributed by atoms with Gasteiger partial charge in [0, 0.05) is 38.0 Å². The largest absolute Gasteiger partial charge is 0.338 e. The van der Waals surface area contributed by atoms with Gasteiger partial charge < -0.3 is 9.69 Å². The minimum atomic E-state index is -2.73. The number of aldehydes is 1. The van der Waals surface area contributed by atoms with Gasteiger partial charge in [-0.3, -0.25) is 9.69 Å². The van der Waals surface area contributed by atoms with Gasteiger partial charge in [0.25, 0.3) is 11.8 Å². The summed E-state index contributed by atoms with van der Waals surface area (Å²) in [7, 11) is 0. The molecule has 2 saturated heterocycles. The number of carbonyl (C=O) groups is 2. The summed E-state index contributed by atoms with van der Waals surface area (Å²) in [5.74, 6) is -2.98. The molecule has 0 aliphatic carbocycles. The van der Waals surface area contributed by atoms with Gasteiger partial charge in [0.2, 0.25) is 0 Å². The van der Waals surface area contributed by atoms with E-state index in [4.69, 9.17) is 0 Å². The van der Waals surface area contributed by atoms with Crippen molar-refractivity contribution in [2.45, 2.75) is 51.0 Å². The van der Waals surface area contributed by atoms with Gasteiger partial charge in [-0.25, -0.2) is 8.78 Å². The maximum absolute atomic E-state index is 13.5. The Bertz CT molecular complexity index is 596. The fourth-order valence-corrected chi connectivity index (χ4v) is 3.56. The van der Waals surface area contributed by atoms with Crippen LogP contribution in [0.4, 0.5) is 8.78 Å². The van der Waals surface area contributed by atoms with Crippen LogP contribution >= 0.6 is 0 Å². The van der Waals surface area contributed by atoms with E-state index in [2.05, 4.69) is 0 Å².